The summed E-state index contributed by atoms with van der Waals surface area (Å²) in [5.74, 6) is 0.262. The molecule has 0 aliphatic heterocycles. The van der Waals surface area contributed by atoms with E-state index in [1.165, 1.54) is 12.4 Å². The number of rotatable bonds is 7. The maximum Gasteiger partial charge on any atom is 0.219 e. The van der Waals surface area contributed by atoms with Crippen LogP contribution in [0.1, 0.15) is 12.1 Å². The summed E-state index contributed by atoms with van der Waals surface area (Å²) in [6.07, 6.45) is 2.28. The molecule has 172 valence electrons. The molecule has 3 N–H and O–H groups in total. The van der Waals surface area contributed by atoms with Crippen LogP contribution in [-0.4, -0.2) is 32.1 Å². The Hall–Kier alpha value is -3.55. The van der Waals surface area contributed by atoms with Crippen LogP contribution in [-0.2, 0) is 6.54 Å². The number of anilines is 1. The number of nitrogens with zero attached hydrogens (tertiary/aromatic N) is 5. The number of pyridine rings is 1. The molecule has 2 unspecified atom stereocenters. The summed E-state index contributed by atoms with van der Waals surface area (Å²) in [6, 6.07) is 12.6. The summed E-state index contributed by atoms with van der Waals surface area (Å²) in [4.78, 5) is 12.8. The minimum absolute atomic E-state index is 0.0756. The fourth-order valence-corrected chi connectivity index (χ4v) is 4.76. The zero-order valence-electron chi connectivity index (χ0n) is 18.3. The van der Waals surface area contributed by atoms with Gasteiger partial charge < -0.3 is 20.4 Å². The lowest BCUT2D eigenvalue weighted by molar-refractivity contribution is 0.427. The van der Waals surface area contributed by atoms with Crippen LogP contribution in [0.15, 0.2) is 47.3 Å². The Morgan fingerprint density at radius 1 is 1.32 bits per heavy atom. The summed E-state index contributed by atoms with van der Waals surface area (Å²) in [6.45, 7) is 3.08. The minimum Gasteiger partial charge on any atom is -0.436 e. The topological polar surface area (TPSA) is 115 Å². The molecule has 1 aromatic carbocycles. The van der Waals surface area contributed by atoms with Crippen LogP contribution in [0.3, 0.4) is 0 Å². The Morgan fingerprint density at radius 3 is 2.91 bits per heavy atom. The first kappa shape index (κ1) is 22.3. The van der Waals surface area contributed by atoms with Crippen molar-refractivity contribution in [3.05, 3.63) is 58.8 Å². The molecule has 8 nitrogen and oxygen atoms in total. The molecule has 2 atom stereocenters. The van der Waals surface area contributed by atoms with E-state index in [4.69, 9.17) is 15.7 Å². The molecule has 3 aromatic heterocycles. The minimum atomic E-state index is -0.526. The van der Waals surface area contributed by atoms with Gasteiger partial charge in [-0.25, -0.2) is 19.3 Å². The van der Waals surface area contributed by atoms with Crippen LogP contribution in [0.5, 0.6) is 11.6 Å². The maximum absolute atomic E-state index is 15.1. The molecule has 34 heavy (non-hydrogen) atoms. The van der Waals surface area contributed by atoms with Gasteiger partial charge in [-0.15, -0.1) is 0 Å². The molecule has 1 saturated carbocycles. The van der Waals surface area contributed by atoms with Crippen LogP contribution in [0.25, 0.3) is 22.2 Å². The summed E-state index contributed by atoms with van der Waals surface area (Å²) in [5.41, 5.74) is 8.96. The molecule has 4 aromatic rings. The summed E-state index contributed by atoms with van der Waals surface area (Å²) in [7, 11) is 0. The number of benzene rings is 1. The van der Waals surface area contributed by atoms with Crippen molar-refractivity contribution in [2.45, 2.75) is 25.9 Å². The second-order valence-corrected chi connectivity index (χ2v) is 8.92. The Morgan fingerprint density at radius 2 is 2.18 bits per heavy atom. The van der Waals surface area contributed by atoms with Gasteiger partial charge in [-0.1, -0.05) is 12.1 Å². The average Bonchev–Trinajstić information content (AvgIpc) is 3.52. The standard InChI is InChI=1S/C24H21BrFN7O/c1-13-3-2-4-19(32-13)34-18-6-5-14(9-16(18)26)20-21-23(28)30-12-31-24(21)33(22(20)25)8-7-29-17-10-15(17)11-27/h2-6,9,12,15,17,29H,7-8,10H2,1H3,(H2,28,30,31). The van der Waals surface area contributed by atoms with Crippen molar-refractivity contribution in [3.8, 4) is 28.8 Å². The molecular weight excluding hydrogens is 501 g/mol. The third kappa shape index (κ3) is 4.20. The second kappa shape index (κ2) is 9.00. The van der Waals surface area contributed by atoms with Crippen molar-refractivity contribution in [1.82, 2.24) is 24.8 Å². The summed E-state index contributed by atoms with van der Waals surface area (Å²) in [5, 5.41) is 13.0. The van der Waals surface area contributed by atoms with Crippen molar-refractivity contribution >= 4 is 32.8 Å². The predicted molar refractivity (Wildman–Crippen MR) is 130 cm³/mol. The molecule has 0 bridgehead atoms. The zero-order chi connectivity index (χ0) is 23.8. The third-order valence-corrected chi connectivity index (χ3v) is 6.63. The number of nitrogen functional groups attached to an aromatic ring is 1. The first-order chi connectivity index (χ1) is 16.5. The normalized spacial score (nSPS) is 17.0. The van der Waals surface area contributed by atoms with Crippen LogP contribution in [0.4, 0.5) is 10.2 Å². The molecule has 0 saturated heterocycles. The lowest BCUT2D eigenvalue weighted by Gasteiger charge is -2.09. The number of aromatic nitrogens is 4. The number of hydrogen-bond donors (Lipinski definition) is 2. The summed E-state index contributed by atoms with van der Waals surface area (Å²) >= 11 is 3.67. The first-order valence-corrected chi connectivity index (χ1v) is 11.6. The average molecular weight is 522 g/mol. The van der Waals surface area contributed by atoms with Gasteiger partial charge >= 0.3 is 0 Å². The lowest BCUT2D eigenvalue weighted by Crippen LogP contribution is -2.23. The number of nitriles is 1. The van der Waals surface area contributed by atoms with Gasteiger partial charge in [0.15, 0.2) is 11.6 Å². The van der Waals surface area contributed by atoms with Crippen molar-refractivity contribution in [2.75, 3.05) is 12.3 Å². The highest BCUT2D eigenvalue weighted by atomic mass is 79.9. The summed E-state index contributed by atoms with van der Waals surface area (Å²) < 4.78 is 23.4. The van der Waals surface area contributed by atoms with Gasteiger partial charge in [0.05, 0.1) is 22.0 Å². The maximum atomic E-state index is 15.1. The van der Waals surface area contributed by atoms with E-state index < -0.39 is 5.82 Å². The molecule has 1 fully saturated rings. The first-order valence-electron chi connectivity index (χ1n) is 10.8. The van der Waals surface area contributed by atoms with E-state index in [0.717, 1.165) is 16.7 Å². The number of fused-ring (bicyclic) bond motifs is 1. The smallest absolute Gasteiger partial charge is 0.219 e. The van der Waals surface area contributed by atoms with Gasteiger partial charge in [-0.2, -0.15) is 5.26 Å². The Labute approximate surface area is 203 Å². The van der Waals surface area contributed by atoms with Crippen LogP contribution >= 0.6 is 15.9 Å². The molecular formula is C24H21BrFN7O. The predicted octanol–water partition coefficient (Wildman–Crippen LogP) is 4.58. The molecule has 0 amide bonds. The molecule has 10 heteroatoms. The van der Waals surface area contributed by atoms with E-state index in [-0.39, 0.29) is 17.7 Å². The highest BCUT2D eigenvalue weighted by Gasteiger charge is 2.36. The molecule has 0 spiro atoms. The quantitative estimate of drug-likeness (QED) is 0.365. The van der Waals surface area contributed by atoms with Crippen LogP contribution < -0.4 is 15.8 Å². The third-order valence-electron chi connectivity index (χ3n) is 5.80. The largest absolute Gasteiger partial charge is 0.436 e. The van der Waals surface area contributed by atoms with E-state index in [0.29, 0.717) is 46.9 Å². The van der Waals surface area contributed by atoms with Crippen molar-refractivity contribution < 1.29 is 9.13 Å². The number of nitrogens with two attached hydrogens (primary N) is 1. The second-order valence-electron chi connectivity index (χ2n) is 8.17. The molecule has 3 heterocycles. The van der Waals surface area contributed by atoms with Crippen LogP contribution in [0.2, 0.25) is 0 Å². The Bertz CT molecular complexity index is 1430. The van der Waals surface area contributed by atoms with Crippen molar-refractivity contribution in [2.24, 2.45) is 5.92 Å². The van der Waals surface area contributed by atoms with Crippen molar-refractivity contribution in [3.63, 3.8) is 0 Å². The Kier molecular flexibility index (Phi) is 5.89. The molecule has 5 rings (SSSR count). The lowest BCUT2D eigenvalue weighted by atomic mass is 10.1. The van der Waals surface area contributed by atoms with Crippen molar-refractivity contribution in [1.29, 1.82) is 5.26 Å². The van der Waals surface area contributed by atoms with Gasteiger partial charge in [0.2, 0.25) is 5.88 Å². The van der Waals surface area contributed by atoms with E-state index in [9.17, 15) is 0 Å². The van der Waals surface area contributed by atoms with Gasteiger partial charge in [0.25, 0.3) is 0 Å². The van der Waals surface area contributed by atoms with E-state index in [1.807, 2.05) is 17.6 Å². The van der Waals surface area contributed by atoms with E-state index in [2.05, 4.69) is 42.3 Å². The molecule has 1 aliphatic carbocycles. The number of ether oxygens (including phenoxy) is 1. The van der Waals surface area contributed by atoms with E-state index >= 15 is 4.39 Å². The van der Waals surface area contributed by atoms with Gasteiger partial charge in [0.1, 0.15) is 17.8 Å². The number of nitrogens with one attached hydrogen (secondary N) is 1. The van der Waals surface area contributed by atoms with Gasteiger partial charge in [0, 0.05) is 36.5 Å². The number of halogens is 2. The Balaban J connectivity index is 1.47. The van der Waals surface area contributed by atoms with Gasteiger partial charge in [-0.05, 0) is 53.0 Å². The monoisotopic (exact) mass is 521 g/mol. The highest BCUT2D eigenvalue weighted by molar-refractivity contribution is 9.10. The number of hydrogen-bond acceptors (Lipinski definition) is 7. The van der Waals surface area contributed by atoms with Crippen LogP contribution in [0, 0.1) is 30.0 Å². The zero-order valence-corrected chi connectivity index (χ0v) is 19.9. The molecule has 1 aliphatic rings. The van der Waals surface area contributed by atoms with E-state index in [1.54, 1.807) is 24.3 Å². The van der Waals surface area contributed by atoms with Gasteiger partial charge in [-0.3, -0.25) is 0 Å². The SMILES string of the molecule is Cc1cccc(Oc2ccc(-c3c(Br)n(CCNC4CC4C#N)c4ncnc(N)c34)cc2F)n1. The highest BCUT2D eigenvalue weighted by Crippen LogP contribution is 2.41. The molecule has 0 radical (unpaired) electrons. The fourth-order valence-electron chi connectivity index (χ4n) is 3.98. The number of aryl methyl sites for hydroxylation is 1. The fraction of sp³-hybridized carbons (Fsp3) is 0.250.